The molecule has 2 aromatic rings. The van der Waals surface area contributed by atoms with Gasteiger partial charge in [-0.2, -0.15) is 5.26 Å². The highest BCUT2D eigenvalue weighted by atomic mass is 79.9. The monoisotopic (exact) mass is 394 g/mol. The number of benzene rings is 1. The van der Waals surface area contributed by atoms with E-state index in [-0.39, 0.29) is 17.0 Å². The molecule has 2 heterocycles. The molecule has 0 atom stereocenters. The molecule has 1 aliphatic rings. The number of hydrogen-bond acceptors (Lipinski definition) is 4. The normalized spacial score (nSPS) is 14.3. The van der Waals surface area contributed by atoms with Crippen molar-refractivity contribution in [3.05, 3.63) is 46.0 Å². The van der Waals surface area contributed by atoms with Crippen LogP contribution in [0.15, 0.2) is 33.8 Å². The fourth-order valence-electron chi connectivity index (χ4n) is 2.59. The van der Waals surface area contributed by atoms with Crippen molar-refractivity contribution in [2.75, 3.05) is 0 Å². The number of imidazole rings is 1. The van der Waals surface area contributed by atoms with Crippen LogP contribution in [0, 0.1) is 11.3 Å². The maximum atomic E-state index is 12.4. The van der Waals surface area contributed by atoms with Crippen molar-refractivity contribution in [2.45, 2.75) is 37.2 Å². The van der Waals surface area contributed by atoms with Gasteiger partial charge in [-0.1, -0.05) is 15.9 Å². The molecule has 1 N–H and O–H groups in total. The van der Waals surface area contributed by atoms with Gasteiger partial charge in [0.1, 0.15) is 5.82 Å². The molecule has 6 nitrogen and oxygen atoms in total. The van der Waals surface area contributed by atoms with Gasteiger partial charge in [-0.05, 0) is 31.0 Å². The molecule has 0 unspecified atom stereocenters. The maximum Gasteiger partial charge on any atom is 0.241 e. The van der Waals surface area contributed by atoms with E-state index in [0.717, 1.165) is 31.6 Å². The van der Waals surface area contributed by atoms with E-state index in [0.29, 0.717) is 10.2 Å². The third-order valence-electron chi connectivity index (χ3n) is 3.71. The zero-order valence-electron chi connectivity index (χ0n) is 12.3. The first-order chi connectivity index (χ1) is 11.0. The van der Waals surface area contributed by atoms with Gasteiger partial charge in [0.15, 0.2) is 0 Å². The van der Waals surface area contributed by atoms with Gasteiger partial charge in [-0.15, -0.1) is 0 Å². The van der Waals surface area contributed by atoms with Crippen LogP contribution < -0.4 is 4.72 Å². The molecular weight excluding hydrogens is 380 g/mol. The molecule has 0 fully saturated rings. The number of rotatable bonds is 4. The van der Waals surface area contributed by atoms with Crippen molar-refractivity contribution >= 4 is 26.0 Å². The van der Waals surface area contributed by atoms with Crippen LogP contribution in [-0.4, -0.2) is 18.0 Å². The first-order valence-corrected chi connectivity index (χ1v) is 9.51. The average molecular weight is 395 g/mol. The molecule has 0 bridgehead atoms. The largest absolute Gasteiger partial charge is 0.335 e. The Morgan fingerprint density at radius 1 is 1.35 bits per heavy atom. The van der Waals surface area contributed by atoms with Gasteiger partial charge in [0.25, 0.3) is 0 Å². The quantitative estimate of drug-likeness (QED) is 0.861. The molecule has 1 aliphatic heterocycles. The van der Waals surface area contributed by atoms with Crippen LogP contribution in [0.5, 0.6) is 0 Å². The van der Waals surface area contributed by atoms with Crippen LogP contribution in [0.1, 0.15) is 29.9 Å². The number of fused-ring (bicyclic) bond motifs is 1. The van der Waals surface area contributed by atoms with Crippen LogP contribution in [0.2, 0.25) is 0 Å². The van der Waals surface area contributed by atoms with E-state index in [1.807, 2.05) is 12.3 Å². The molecule has 8 heteroatoms. The lowest BCUT2D eigenvalue weighted by atomic mass is 10.2. The zero-order chi connectivity index (χ0) is 16.4. The Morgan fingerprint density at radius 2 is 2.17 bits per heavy atom. The topological polar surface area (TPSA) is 87.8 Å². The van der Waals surface area contributed by atoms with Crippen molar-refractivity contribution < 1.29 is 8.42 Å². The fraction of sp³-hybridized carbons (Fsp3) is 0.333. The first-order valence-electron chi connectivity index (χ1n) is 7.23. The highest BCUT2D eigenvalue weighted by Crippen LogP contribution is 2.20. The second-order valence-corrected chi connectivity index (χ2v) is 8.09. The predicted octanol–water partition coefficient (Wildman–Crippen LogP) is 2.33. The van der Waals surface area contributed by atoms with Crippen molar-refractivity contribution in [1.29, 1.82) is 5.26 Å². The van der Waals surface area contributed by atoms with Gasteiger partial charge in [-0.3, -0.25) is 0 Å². The number of hydrogen-bond donors (Lipinski definition) is 1. The van der Waals surface area contributed by atoms with Crippen LogP contribution in [-0.2, 0) is 29.5 Å². The van der Waals surface area contributed by atoms with Gasteiger partial charge in [0, 0.05) is 23.6 Å². The third kappa shape index (κ3) is 3.63. The van der Waals surface area contributed by atoms with Crippen LogP contribution >= 0.6 is 15.9 Å². The standard InChI is InChI=1S/C15H15BrN4O2S/c16-12-5-11(8-17)6-14(7-12)23(21,22)18-9-13-10-20-4-2-1-3-15(20)19-13/h5-7,10,18H,1-4,9H2. The van der Waals surface area contributed by atoms with Gasteiger partial charge in [-0.25, -0.2) is 18.1 Å². The molecule has 1 aromatic heterocycles. The lowest BCUT2D eigenvalue weighted by Gasteiger charge is -2.11. The van der Waals surface area contributed by atoms with Gasteiger partial charge in [0.05, 0.1) is 28.8 Å². The minimum absolute atomic E-state index is 0.0624. The number of nitrogens with one attached hydrogen (secondary N) is 1. The summed E-state index contributed by atoms with van der Waals surface area (Å²) in [5, 5.41) is 8.95. The van der Waals surface area contributed by atoms with E-state index in [4.69, 9.17) is 5.26 Å². The number of aromatic nitrogens is 2. The Morgan fingerprint density at radius 3 is 2.91 bits per heavy atom. The third-order valence-corrected chi connectivity index (χ3v) is 5.55. The summed E-state index contributed by atoms with van der Waals surface area (Å²) in [4.78, 5) is 4.54. The fourth-order valence-corrected chi connectivity index (χ4v) is 4.31. The Balaban J connectivity index is 1.78. The number of nitrogens with zero attached hydrogens (tertiary/aromatic N) is 3. The first kappa shape index (κ1) is 16.2. The van der Waals surface area contributed by atoms with E-state index in [9.17, 15) is 8.42 Å². The van der Waals surface area contributed by atoms with Crippen LogP contribution in [0.4, 0.5) is 0 Å². The summed E-state index contributed by atoms with van der Waals surface area (Å²) in [7, 11) is -3.70. The molecular formula is C15H15BrN4O2S. The SMILES string of the molecule is N#Cc1cc(Br)cc(S(=O)(=O)NCc2cn3c(n2)CCCC3)c1. The van der Waals surface area contributed by atoms with Gasteiger partial charge >= 0.3 is 0 Å². The second-order valence-electron chi connectivity index (χ2n) is 5.41. The smallest absolute Gasteiger partial charge is 0.241 e. The molecule has 1 aromatic carbocycles. The summed E-state index contributed by atoms with van der Waals surface area (Å²) in [5.41, 5.74) is 0.998. The minimum Gasteiger partial charge on any atom is -0.335 e. The molecule has 0 aliphatic carbocycles. The highest BCUT2D eigenvalue weighted by Gasteiger charge is 2.18. The number of sulfonamides is 1. The van der Waals surface area contributed by atoms with Crippen LogP contribution in [0.25, 0.3) is 0 Å². The molecule has 0 saturated heterocycles. The molecule has 3 rings (SSSR count). The summed E-state index contributed by atoms with van der Waals surface area (Å²) < 4.78 is 30.0. The molecule has 120 valence electrons. The number of aryl methyl sites for hydroxylation is 2. The Kier molecular flexibility index (Phi) is 4.53. The summed E-state index contributed by atoms with van der Waals surface area (Å²) in [6.07, 6.45) is 5.09. The molecule has 0 spiro atoms. The van der Waals surface area contributed by atoms with Crippen molar-refractivity contribution in [1.82, 2.24) is 14.3 Å². The van der Waals surface area contributed by atoms with E-state index < -0.39 is 10.0 Å². The maximum absolute atomic E-state index is 12.4. The van der Waals surface area contributed by atoms with Crippen molar-refractivity contribution in [2.24, 2.45) is 0 Å². The summed E-state index contributed by atoms with van der Waals surface area (Å²) in [5.74, 6) is 1.01. The van der Waals surface area contributed by atoms with Crippen molar-refractivity contribution in [3.63, 3.8) is 0 Å². The molecule has 0 radical (unpaired) electrons. The number of halogens is 1. The van der Waals surface area contributed by atoms with E-state index in [1.165, 1.54) is 12.1 Å². The second kappa shape index (κ2) is 6.43. The van der Waals surface area contributed by atoms with Crippen LogP contribution in [0.3, 0.4) is 0 Å². The lowest BCUT2D eigenvalue weighted by Crippen LogP contribution is -2.23. The van der Waals surface area contributed by atoms with E-state index in [1.54, 1.807) is 6.07 Å². The zero-order valence-corrected chi connectivity index (χ0v) is 14.7. The Hall–Kier alpha value is -1.69. The predicted molar refractivity (Wildman–Crippen MR) is 88.0 cm³/mol. The Labute approximate surface area is 143 Å². The number of nitriles is 1. The summed E-state index contributed by atoms with van der Waals surface area (Å²) >= 11 is 3.22. The highest BCUT2D eigenvalue weighted by molar-refractivity contribution is 9.10. The average Bonchev–Trinajstić information content (AvgIpc) is 2.95. The van der Waals surface area contributed by atoms with Gasteiger partial charge in [0.2, 0.25) is 10.0 Å². The summed E-state index contributed by atoms with van der Waals surface area (Å²) in [6, 6.07) is 6.35. The lowest BCUT2D eigenvalue weighted by molar-refractivity contribution is 0.522. The molecule has 0 saturated carbocycles. The van der Waals surface area contributed by atoms with Crippen molar-refractivity contribution in [3.8, 4) is 6.07 Å². The molecule has 0 amide bonds. The summed E-state index contributed by atoms with van der Waals surface area (Å²) in [6.45, 7) is 1.07. The minimum atomic E-state index is -3.70. The van der Waals surface area contributed by atoms with E-state index in [2.05, 4.69) is 30.2 Å². The van der Waals surface area contributed by atoms with E-state index >= 15 is 0 Å². The Bertz CT molecular complexity index is 860. The van der Waals surface area contributed by atoms with Gasteiger partial charge < -0.3 is 4.57 Å². The molecule has 23 heavy (non-hydrogen) atoms.